The van der Waals surface area contributed by atoms with Crippen LogP contribution in [0.15, 0.2) is 15.6 Å². The van der Waals surface area contributed by atoms with Gasteiger partial charge in [0.25, 0.3) is 10.0 Å². The zero-order valence-electron chi connectivity index (χ0n) is 13.1. The van der Waals surface area contributed by atoms with Crippen molar-refractivity contribution in [1.82, 2.24) is 4.31 Å². The van der Waals surface area contributed by atoms with E-state index in [-0.39, 0.29) is 29.0 Å². The van der Waals surface area contributed by atoms with Gasteiger partial charge >= 0.3 is 11.9 Å². The molecule has 0 bridgehead atoms. The van der Waals surface area contributed by atoms with E-state index < -0.39 is 27.9 Å². The van der Waals surface area contributed by atoms with E-state index in [1.165, 1.54) is 14.0 Å². The molecule has 0 aliphatic carbocycles. The Hall–Kier alpha value is -1.87. The van der Waals surface area contributed by atoms with Crippen molar-refractivity contribution in [2.75, 3.05) is 13.7 Å². The van der Waals surface area contributed by atoms with Crippen molar-refractivity contribution in [2.45, 2.75) is 37.8 Å². The highest BCUT2D eigenvalue weighted by atomic mass is 32.2. The van der Waals surface area contributed by atoms with Crippen LogP contribution in [0.2, 0.25) is 0 Å². The number of furan rings is 1. The van der Waals surface area contributed by atoms with E-state index in [2.05, 4.69) is 4.74 Å². The number of carboxylic acid groups (broad SMARTS) is 1. The fraction of sp³-hybridized carbons (Fsp3) is 0.571. The molecule has 8 nitrogen and oxygen atoms in total. The standard InChI is InChI=1S/C14H19NO7S/c1-8-4-5-10(13(16)17)7-15(8)23(19,20)12-6-11(9(2)22-12)14(18)21-3/h6,8,10H,4-5,7H2,1-3H3,(H,16,17). The molecule has 2 unspecified atom stereocenters. The Kier molecular flexibility index (Phi) is 4.81. The Morgan fingerprint density at radius 3 is 2.61 bits per heavy atom. The molecule has 1 saturated heterocycles. The van der Waals surface area contributed by atoms with Gasteiger partial charge in [0, 0.05) is 18.7 Å². The van der Waals surface area contributed by atoms with Crippen molar-refractivity contribution in [1.29, 1.82) is 0 Å². The topological polar surface area (TPSA) is 114 Å². The van der Waals surface area contributed by atoms with Crippen LogP contribution in [0.25, 0.3) is 0 Å². The maximum atomic E-state index is 12.7. The predicted octanol–water partition coefficient (Wildman–Crippen LogP) is 1.25. The maximum Gasteiger partial charge on any atom is 0.341 e. The average Bonchev–Trinajstić information content (AvgIpc) is 2.89. The first-order chi connectivity index (χ1) is 10.7. The minimum absolute atomic E-state index is 0.0329. The molecule has 2 heterocycles. The molecule has 1 aliphatic rings. The largest absolute Gasteiger partial charge is 0.481 e. The number of rotatable bonds is 4. The highest BCUT2D eigenvalue weighted by molar-refractivity contribution is 7.89. The molecule has 9 heteroatoms. The second-order valence-electron chi connectivity index (χ2n) is 5.56. The van der Waals surface area contributed by atoms with Crippen LogP contribution in [-0.4, -0.2) is 49.5 Å². The van der Waals surface area contributed by atoms with E-state index in [0.717, 1.165) is 10.4 Å². The van der Waals surface area contributed by atoms with Crippen molar-refractivity contribution in [3.05, 3.63) is 17.4 Å². The number of carbonyl (C=O) groups is 2. The van der Waals surface area contributed by atoms with Crippen molar-refractivity contribution in [3.63, 3.8) is 0 Å². The zero-order chi connectivity index (χ0) is 17.4. The van der Waals surface area contributed by atoms with Crippen LogP contribution in [0, 0.1) is 12.8 Å². The summed E-state index contributed by atoms with van der Waals surface area (Å²) in [6, 6.07) is 0.774. The summed E-state index contributed by atoms with van der Waals surface area (Å²) < 4.78 is 36.4. The van der Waals surface area contributed by atoms with Gasteiger partial charge in [-0.05, 0) is 26.7 Å². The van der Waals surface area contributed by atoms with Gasteiger partial charge < -0.3 is 14.3 Å². The fourth-order valence-corrected chi connectivity index (χ4v) is 4.31. The summed E-state index contributed by atoms with van der Waals surface area (Å²) in [5.41, 5.74) is 0.0329. The number of piperidine rings is 1. The molecule has 1 aromatic heterocycles. The Bertz CT molecular complexity index is 721. The summed E-state index contributed by atoms with van der Waals surface area (Å²) in [6.45, 7) is 3.06. The van der Waals surface area contributed by atoms with E-state index in [9.17, 15) is 18.0 Å². The van der Waals surface area contributed by atoms with Gasteiger partial charge in [0.05, 0.1) is 13.0 Å². The lowest BCUT2D eigenvalue weighted by atomic mass is 9.96. The van der Waals surface area contributed by atoms with Gasteiger partial charge in [0.2, 0.25) is 5.09 Å². The molecule has 0 spiro atoms. The van der Waals surface area contributed by atoms with E-state index in [1.54, 1.807) is 6.92 Å². The summed E-state index contributed by atoms with van der Waals surface area (Å²) in [7, 11) is -2.84. The fourth-order valence-electron chi connectivity index (χ4n) is 2.62. The molecule has 2 rings (SSSR count). The summed E-state index contributed by atoms with van der Waals surface area (Å²) >= 11 is 0. The van der Waals surface area contributed by atoms with Crippen LogP contribution in [-0.2, 0) is 19.6 Å². The molecule has 1 N–H and O–H groups in total. The van der Waals surface area contributed by atoms with Gasteiger partial charge in [-0.3, -0.25) is 4.79 Å². The Labute approximate surface area is 134 Å². The predicted molar refractivity (Wildman–Crippen MR) is 78.5 cm³/mol. The summed E-state index contributed by atoms with van der Waals surface area (Å²) in [6.07, 6.45) is 0.868. The number of aryl methyl sites for hydroxylation is 1. The number of aliphatic carboxylic acids is 1. The Balaban J connectivity index is 2.37. The van der Waals surface area contributed by atoms with Gasteiger partial charge in [-0.1, -0.05) is 0 Å². The number of carboxylic acids is 1. The molecule has 1 aromatic rings. The van der Waals surface area contributed by atoms with Gasteiger partial charge in [0.1, 0.15) is 11.3 Å². The van der Waals surface area contributed by atoms with Crippen molar-refractivity contribution >= 4 is 22.0 Å². The number of nitrogens with zero attached hydrogens (tertiary/aromatic N) is 1. The summed E-state index contributed by atoms with van der Waals surface area (Å²) in [5, 5.41) is 8.74. The van der Waals surface area contributed by atoms with Crippen LogP contribution < -0.4 is 0 Å². The van der Waals surface area contributed by atoms with Crippen molar-refractivity contribution in [3.8, 4) is 0 Å². The number of hydrogen-bond acceptors (Lipinski definition) is 6. The molecule has 0 aromatic carbocycles. The van der Waals surface area contributed by atoms with Crippen LogP contribution in [0.1, 0.15) is 35.9 Å². The normalized spacial score (nSPS) is 22.7. The highest BCUT2D eigenvalue weighted by Crippen LogP contribution is 2.30. The van der Waals surface area contributed by atoms with Crippen LogP contribution in [0.3, 0.4) is 0 Å². The van der Waals surface area contributed by atoms with Gasteiger partial charge in [-0.25, -0.2) is 13.2 Å². The smallest absolute Gasteiger partial charge is 0.341 e. The highest BCUT2D eigenvalue weighted by Gasteiger charge is 2.39. The number of esters is 1. The second-order valence-corrected chi connectivity index (χ2v) is 7.38. The van der Waals surface area contributed by atoms with Gasteiger partial charge in [0.15, 0.2) is 0 Å². The SMILES string of the molecule is COC(=O)c1cc(S(=O)(=O)N2CC(C(=O)O)CCC2C)oc1C. The molecule has 1 fully saturated rings. The molecule has 23 heavy (non-hydrogen) atoms. The number of ether oxygens (including phenoxy) is 1. The lowest BCUT2D eigenvalue weighted by Gasteiger charge is -2.34. The second kappa shape index (κ2) is 6.32. The summed E-state index contributed by atoms with van der Waals surface area (Å²) in [4.78, 5) is 22.7. The minimum atomic E-state index is -4.03. The van der Waals surface area contributed by atoms with E-state index in [0.29, 0.717) is 12.8 Å². The number of sulfonamides is 1. The summed E-state index contributed by atoms with van der Waals surface area (Å²) in [5.74, 6) is -2.34. The van der Waals surface area contributed by atoms with Gasteiger partial charge in [-0.15, -0.1) is 0 Å². The molecule has 0 radical (unpaired) electrons. The van der Waals surface area contributed by atoms with E-state index in [1.807, 2.05) is 0 Å². The lowest BCUT2D eigenvalue weighted by molar-refractivity contribution is -0.143. The van der Waals surface area contributed by atoms with Gasteiger partial charge in [-0.2, -0.15) is 4.31 Å². The average molecular weight is 345 g/mol. The van der Waals surface area contributed by atoms with Crippen molar-refractivity contribution < 1.29 is 32.3 Å². The number of methoxy groups -OCH3 is 1. The van der Waals surface area contributed by atoms with E-state index in [4.69, 9.17) is 9.52 Å². The van der Waals surface area contributed by atoms with Crippen LogP contribution in [0.5, 0.6) is 0 Å². The molecule has 1 aliphatic heterocycles. The number of carbonyl (C=O) groups excluding carboxylic acids is 1. The number of hydrogen-bond donors (Lipinski definition) is 1. The zero-order valence-corrected chi connectivity index (χ0v) is 13.9. The van der Waals surface area contributed by atoms with Crippen LogP contribution in [0.4, 0.5) is 0 Å². The lowest BCUT2D eigenvalue weighted by Crippen LogP contribution is -2.47. The third kappa shape index (κ3) is 3.25. The molecular weight excluding hydrogens is 326 g/mol. The minimum Gasteiger partial charge on any atom is -0.481 e. The van der Waals surface area contributed by atoms with E-state index >= 15 is 0 Å². The quantitative estimate of drug-likeness (QED) is 0.817. The third-order valence-corrected chi connectivity index (χ3v) is 5.87. The monoisotopic (exact) mass is 345 g/mol. The molecule has 0 amide bonds. The molecule has 0 saturated carbocycles. The molecule has 2 atom stereocenters. The Morgan fingerprint density at radius 2 is 2.04 bits per heavy atom. The van der Waals surface area contributed by atoms with Crippen molar-refractivity contribution in [2.24, 2.45) is 5.92 Å². The third-order valence-electron chi connectivity index (χ3n) is 4.04. The first-order valence-corrected chi connectivity index (χ1v) is 8.56. The molecular formula is C14H19NO7S. The Morgan fingerprint density at radius 1 is 1.39 bits per heavy atom. The first kappa shape index (κ1) is 17.5. The first-order valence-electron chi connectivity index (χ1n) is 7.12. The maximum absolute atomic E-state index is 12.7. The van der Waals surface area contributed by atoms with Crippen LogP contribution >= 0.6 is 0 Å². The molecule has 128 valence electrons.